The van der Waals surface area contributed by atoms with Crippen molar-refractivity contribution in [2.24, 2.45) is 5.92 Å². The molecule has 1 fully saturated rings. The average molecular weight is 226 g/mol. The Morgan fingerprint density at radius 1 is 1.25 bits per heavy atom. The number of ketones is 1. The summed E-state index contributed by atoms with van der Waals surface area (Å²) in [6.07, 6.45) is 1.53. The summed E-state index contributed by atoms with van der Waals surface area (Å²) in [4.78, 5) is 11.9. The average Bonchev–Trinajstić information content (AvgIpc) is 2.28. The standard InChI is InChI=1S/C12H12F2O2/c13-10-4-9(5-11(14)6-10)12(15)8-2-1-3-16-7-8/h4-6,8H,1-3,7H2. The van der Waals surface area contributed by atoms with Crippen molar-refractivity contribution in [3.63, 3.8) is 0 Å². The summed E-state index contributed by atoms with van der Waals surface area (Å²) < 4.78 is 31.0. The van der Waals surface area contributed by atoms with Gasteiger partial charge < -0.3 is 4.74 Å². The number of benzene rings is 1. The smallest absolute Gasteiger partial charge is 0.168 e. The van der Waals surface area contributed by atoms with E-state index in [1.54, 1.807) is 0 Å². The number of hydrogen-bond donors (Lipinski definition) is 0. The maximum absolute atomic E-state index is 12.9. The lowest BCUT2D eigenvalue weighted by Gasteiger charge is -2.20. The van der Waals surface area contributed by atoms with Crippen LogP contribution in [-0.2, 0) is 4.74 Å². The molecule has 2 nitrogen and oxygen atoms in total. The second-order valence-electron chi connectivity index (χ2n) is 3.94. The SMILES string of the molecule is O=C(c1cc(F)cc(F)c1)C1CCCOC1. The van der Waals surface area contributed by atoms with E-state index in [-0.39, 0.29) is 17.3 Å². The summed E-state index contributed by atoms with van der Waals surface area (Å²) in [6, 6.07) is 2.90. The Labute approximate surface area is 92.2 Å². The van der Waals surface area contributed by atoms with Crippen LogP contribution in [-0.4, -0.2) is 19.0 Å². The molecule has 0 bridgehead atoms. The van der Waals surface area contributed by atoms with Gasteiger partial charge in [-0.1, -0.05) is 0 Å². The summed E-state index contributed by atoms with van der Waals surface area (Å²) in [5, 5.41) is 0. The predicted octanol–water partition coefficient (Wildman–Crippen LogP) is 2.57. The first-order valence-electron chi connectivity index (χ1n) is 5.25. The van der Waals surface area contributed by atoms with Crippen LogP contribution < -0.4 is 0 Å². The van der Waals surface area contributed by atoms with Crippen molar-refractivity contribution >= 4 is 5.78 Å². The van der Waals surface area contributed by atoms with Crippen molar-refractivity contribution in [3.05, 3.63) is 35.4 Å². The highest BCUT2D eigenvalue weighted by atomic mass is 19.1. The minimum absolute atomic E-state index is 0.0907. The second kappa shape index (κ2) is 4.70. The molecule has 1 aromatic rings. The van der Waals surface area contributed by atoms with Gasteiger partial charge in [0.2, 0.25) is 0 Å². The Hall–Kier alpha value is -1.29. The van der Waals surface area contributed by atoms with Gasteiger partial charge in [0.25, 0.3) is 0 Å². The highest BCUT2D eigenvalue weighted by Crippen LogP contribution is 2.20. The third kappa shape index (κ3) is 2.44. The van der Waals surface area contributed by atoms with E-state index in [4.69, 9.17) is 4.74 Å². The van der Waals surface area contributed by atoms with Crippen LogP contribution in [0.5, 0.6) is 0 Å². The number of ether oxygens (including phenoxy) is 1. The third-order valence-corrected chi connectivity index (χ3v) is 2.68. The molecule has 1 aromatic carbocycles. The van der Waals surface area contributed by atoms with Gasteiger partial charge in [-0.25, -0.2) is 8.78 Å². The Morgan fingerprint density at radius 2 is 1.94 bits per heavy atom. The van der Waals surface area contributed by atoms with Gasteiger partial charge in [-0.2, -0.15) is 0 Å². The summed E-state index contributed by atoms with van der Waals surface area (Å²) >= 11 is 0. The highest BCUT2D eigenvalue weighted by Gasteiger charge is 2.23. The van der Waals surface area contributed by atoms with Crippen LogP contribution in [0.25, 0.3) is 0 Å². The van der Waals surface area contributed by atoms with Crippen LogP contribution in [0.2, 0.25) is 0 Å². The number of carbonyl (C=O) groups excluding carboxylic acids is 1. The molecule has 1 aliphatic heterocycles. The Morgan fingerprint density at radius 3 is 2.50 bits per heavy atom. The molecule has 1 unspecified atom stereocenters. The number of hydrogen-bond acceptors (Lipinski definition) is 2. The van der Waals surface area contributed by atoms with Gasteiger partial charge in [-0.05, 0) is 25.0 Å². The van der Waals surface area contributed by atoms with Crippen molar-refractivity contribution in [2.45, 2.75) is 12.8 Å². The number of carbonyl (C=O) groups is 1. The maximum atomic E-state index is 12.9. The zero-order valence-corrected chi connectivity index (χ0v) is 8.71. The van der Waals surface area contributed by atoms with Crippen LogP contribution in [0.1, 0.15) is 23.2 Å². The Balaban J connectivity index is 2.19. The number of Topliss-reactive ketones (excluding diaryl/α,β-unsaturated/α-hetero) is 1. The van der Waals surface area contributed by atoms with E-state index in [2.05, 4.69) is 0 Å². The molecule has 0 spiro atoms. The fourth-order valence-electron chi connectivity index (χ4n) is 1.88. The fraction of sp³-hybridized carbons (Fsp3) is 0.417. The summed E-state index contributed by atoms with van der Waals surface area (Å²) in [7, 11) is 0. The summed E-state index contributed by atoms with van der Waals surface area (Å²) in [5.74, 6) is -1.95. The Kier molecular flexibility index (Phi) is 3.29. The van der Waals surface area contributed by atoms with Crippen LogP contribution in [0.4, 0.5) is 8.78 Å². The van der Waals surface area contributed by atoms with Gasteiger partial charge in [0.1, 0.15) is 11.6 Å². The molecule has 2 rings (SSSR count). The van der Waals surface area contributed by atoms with E-state index in [1.165, 1.54) is 0 Å². The molecule has 0 amide bonds. The minimum Gasteiger partial charge on any atom is -0.381 e. The van der Waals surface area contributed by atoms with Crippen LogP contribution in [0, 0.1) is 17.6 Å². The lowest BCUT2D eigenvalue weighted by Crippen LogP contribution is -2.25. The molecule has 0 saturated carbocycles. The quantitative estimate of drug-likeness (QED) is 0.724. The molecule has 86 valence electrons. The van der Waals surface area contributed by atoms with E-state index in [1.807, 2.05) is 0 Å². The first-order chi connectivity index (χ1) is 7.66. The van der Waals surface area contributed by atoms with E-state index in [0.29, 0.717) is 13.2 Å². The predicted molar refractivity (Wildman–Crippen MR) is 54.2 cm³/mol. The Bertz CT molecular complexity index is 378. The maximum Gasteiger partial charge on any atom is 0.168 e. The molecule has 0 aromatic heterocycles. The third-order valence-electron chi connectivity index (χ3n) is 2.68. The fourth-order valence-corrected chi connectivity index (χ4v) is 1.88. The molecule has 0 radical (unpaired) electrons. The molecule has 1 saturated heterocycles. The van der Waals surface area contributed by atoms with Crippen molar-refractivity contribution < 1.29 is 18.3 Å². The molecule has 16 heavy (non-hydrogen) atoms. The van der Waals surface area contributed by atoms with Gasteiger partial charge in [0.15, 0.2) is 5.78 Å². The van der Waals surface area contributed by atoms with Gasteiger partial charge in [-0.15, -0.1) is 0 Å². The van der Waals surface area contributed by atoms with Gasteiger partial charge >= 0.3 is 0 Å². The molecule has 1 heterocycles. The van der Waals surface area contributed by atoms with E-state index < -0.39 is 11.6 Å². The summed E-state index contributed by atoms with van der Waals surface area (Å²) in [5.41, 5.74) is 0.0907. The van der Waals surface area contributed by atoms with E-state index in [0.717, 1.165) is 31.0 Å². The molecular weight excluding hydrogens is 214 g/mol. The second-order valence-corrected chi connectivity index (χ2v) is 3.94. The molecule has 0 aliphatic carbocycles. The molecule has 0 N–H and O–H groups in total. The van der Waals surface area contributed by atoms with Gasteiger partial charge in [0, 0.05) is 24.2 Å². The van der Waals surface area contributed by atoms with Crippen LogP contribution in [0.15, 0.2) is 18.2 Å². The van der Waals surface area contributed by atoms with Crippen LogP contribution in [0.3, 0.4) is 0 Å². The first kappa shape index (κ1) is 11.2. The zero-order valence-electron chi connectivity index (χ0n) is 8.71. The minimum atomic E-state index is -0.722. The number of halogens is 2. The summed E-state index contributed by atoms with van der Waals surface area (Å²) in [6.45, 7) is 0.998. The largest absolute Gasteiger partial charge is 0.381 e. The number of rotatable bonds is 2. The highest BCUT2D eigenvalue weighted by molar-refractivity contribution is 5.98. The van der Waals surface area contributed by atoms with Crippen molar-refractivity contribution in [2.75, 3.05) is 13.2 Å². The zero-order chi connectivity index (χ0) is 11.5. The van der Waals surface area contributed by atoms with E-state index in [9.17, 15) is 13.6 Å². The van der Waals surface area contributed by atoms with Crippen molar-refractivity contribution in [1.29, 1.82) is 0 Å². The van der Waals surface area contributed by atoms with Crippen LogP contribution >= 0.6 is 0 Å². The van der Waals surface area contributed by atoms with Gasteiger partial charge in [0.05, 0.1) is 6.61 Å². The molecule has 1 atom stereocenters. The van der Waals surface area contributed by atoms with Crippen molar-refractivity contribution in [3.8, 4) is 0 Å². The molecule has 1 aliphatic rings. The van der Waals surface area contributed by atoms with E-state index >= 15 is 0 Å². The first-order valence-corrected chi connectivity index (χ1v) is 5.25. The molecule has 4 heteroatoms. The topological polar surface area (TPSA) is 26.3 Å². The lowest BCUT2D eigenvalue weighted by atomic mass is 9.93. The lowest BCUT2D eigenvalue weighted by molar-refractivity contribution is 0.0461. The normalized spacial score (nSPS) is 20.8. The van der Waals surface area contributed by atoms with Gasteiger partial charge in [-0.3, -0.25) is 4.79 Å². The van der Waals surface area contributed by atoms with Crippen molar-refractivity contribution in [1.82, 2.24) is 0 Å². The molecular formula is C12H12F2O2. The monoisotopic (exact) mass is 226 g/mol.